The van der Waals surface area contributed by atoms with Crippen LogP contribution in [0.5, 0.6) is 0 Å². The van der Waals surface area contributed by atoms with Crippen molar-refractivity contribution in [2.24, 2.45) is 13.0 Å². The van der Waals surface area contributed by atoms with E-state index in [0.717, 1.165) is 28.2 Å². The zero-order chi connectivity index (χ0) is 21.5. The van der Waals surface area contributed by atoms with Gasteiger partial charge in [0.15, 0.2) is 11.0 Å². The van der Waals surface area contributed by atoms with Crippen molar-refractivity contribution in [3.63, 3.8) is 0 Å². The minimum Gasteiger partial charge on any atom is -0.340 e. The lowest BCUT2D eigenvalue weighted by atomic mass is 9.91. The molecule has 1 aliphatic carbocycles. The molecule has 1 atom stereocenters. The number of benzene rings is 1. The number of pyridine rings is 1. The van der Waals surface area contributed by atoms with Crippen LogP contribution < -0.4 is 5.32 Å². The highest BCUT2D eigenvalue weighted by atomic mass is 32.2. The molecule has 0 radical (unpaired) electrons. The summed E-state index contributed by atoms with van der Waals surface area (Å²) >= 11 is 1.78. The third-order valence-corrected chi connectivity index (χ3v) is 7.09. The van der Waals surface area contributed by atoms with Crippen molar-refractivity contribution in [3.8, 4) is 0 Å². The Morgan fingerprint density at radius 2 is 1.87 bits per heavy atom. The maximum atomic E-state index is 12.8. The number of carbonyl (C=O) groups excluding carboxylic acids is 1. The fraction of sp³-hybridized carbons (Fsp3) is 0.417. The number of carbonyl (C=O) groups is 1. The van der Waals surface area contributed by atoms with Gasteiger partial charge in [-0.25, -0.2) is 0 Å². The minimum atomic E-state index is -0.293. The Labute approximate surface area is 187 Å². The van der Waals surface area contributed by atoms with Crippen molar-refractivity contribution in [1.29, 1.82) is 0 Å². The Kier molecular flexibility index (Phi) is 7.35. The number of rotatable bonds is 8. The van der Waals surface area contributed by atoms with Gasteiger partial charge in [0.2, 0.25) is 0 Å². The van der Waals surface area contributed by atoms with Gasteiger partial charge >= 0.3 is 0 Å². The van der Waals surface area contributed by atoms with Crippen LogP contribution >= 0.6 is 11.8 Å². The molecule has 31 heavy (non-hydrogen) atoms. The van der Waals surface area contributed by atoms with Gasteiger partial charge in [-0.1, -0.05) is 67.4 Å². The lowest BCUT2D eigenvalue weighted by Crippen LogP contribution is -2.32. The molecule has 0 spiro atoms. The molecule has 162 valence electrons. The Balaban J connectivity index is 1.51. The molecule has 1 N–H and O–H groups in total. The van der Waals surface area contributed by atoms with Crippen molar-refractivity contribution in [3.05, 3.63) is 71.8 Å². The highest BCUT2D eigenvalue weighted by Crippen LogP contribution is 2.30. The van der Waals surface area contributed by atoms with Crippen LogP contribution in [-0.2, 0) is 13.5 Å². The average Bonchev–Trinajstić information content (AvgIpc) is 3.19. The molecule has 0 aliphatic heterocycles. The molecule has 0 bridgehead atoms. The van der Waals surface area contributed by atoms with Gasteiger partial charge in [0, 0.05) is 19.0 Å². The molecule has 2 aromatic heterocycles. The standard InChI is InChI=1S/C24H29N5OS/c1-29-22(27-28-24(29)31-17-19-12-6-3-7-13-19)21(16-18-10-4-2-5-11-18)26-23(30)20-14-8-9-15-25-20/h2,4-5,8-11,14-15,19,21H,3,6-7,12-13,16-17H2,1H3,(H,26,30). The molecular formula is C24H29N5OS. The molecule has 6 nitrogen and oxygen atoms in total. The van der Waals surface area contributed by atoms with E-state index in [0.29, 0.717) is 12.1 Å². The van der Waals surface area contributed by atoms with E-state index in [1.165, 1.54) is 32.1 Å². The van der Waals surface area contributed by atoms with Crippen molar-refractivity contribution >= 4 is 17.7 Å². The zero-order valence-electron chi connectivity index (χ0n) is 17.9. The summed E-state index contributed by atoms with van der Waals surface area (Å²) in [5, 5.41) is 13.0. The Morgan fingerprint density at radius 1 is 1.10 bits per heavy atom. The lowest BCUT2D eigenvalue weighted by molar-refractivity contribution is 0.0929. The van der Waals surface area contributed by atoms with Gasteiger partial charge in [-0.3, -0.25) is 9.78 Å². The van der Waals surface area contributed by atoms with Crippen molar-refractivity contribution in [2.75, 3.05) is 5.75 Å². The third kappa shape index (κ3) is 5.73. The fourth-order valence-corrected chi connectivity index (χ4v) is 5.19. The maximum absolute atomic E-state index is 12.8. The summed E-state index contributed by atoms with van der Waals surface area (Å²) in [4.78, 5) is 17.0. The summed E-state index contributed by atoms with van der Waals surface area (Å²) < 4.78 is 2.03. The Bertz CT molecular complexity index is 970. The molecule has 1 aromatic carbocycles. The Hall–Kier alpha value is -2.67. The molecule has 4 rings (SSSR count). The SMILES string of the molecule is Cn1c(SCC2CCCCC2)nnc1C(Cc1ccccc1)NC(=O)c1ccccn1. The van der Waals surface area contributed by atoms with Crippen LogP contribution in [0.15, 0.2) is 59.9 Å². The van der Waals surface area contributed by atoms with E-state index < -0.39 is 0 Å². The second kappa shape index (κ2) is 10.6. The van der Waals surface area contributed by atoms with Crippen LogP contribution in [0.1, 0.15) is 60.0 Å². The van der Waals surface area contributed by atoms with E-state index in [1.54, 1.807) is 30.1 Å². The van der Waals surface area contributed by atoms with E-state index in [1.807, 2.05) is 35.9 Å². The maximum Gasteiger partial charge on any atom is 0.270 e. The van der Waals surface area contributed by atoms with Gasteiger partial charge in [0.25, 0.3) is 5.91 Å². The first-order chi connectivity index (χ1) is 15.2. The van der Waals surface area contributed by atoms with Crippen LogP contribution in [0.4, 0.5) is 0 Å². The number of thioether (sulfide) groups is 1. The number of nitrogens with one attached hydrogen (secondary N) is 1. The van der Waals surface area contributed by atoms with Gasteiger partial charge in [-0.05, 0) is 42.9 Å². The minimum absolute atomic E-state index is 0.207. The number of amides is 1. The number of aromatic nitrogens is 4. The summed E-state index contributed by atoms with van der Waals surface area (Å²) in [5.41, 5.74) is 1.53. The predicted molar refractivity (Wildman–Crippen MR) is 123 cm³/mol. The van der Waals surface area contributed by atoms with E-state index in [2.05, 4.69) is 32.6 Å². The van der Waals surface area contributed by atoms with Gasteiger partial charge in [-0.15, -0.1) is 10.2 Å². The van der Waals surface area contributed by atoms with Crippen LogP contribution in [0.3, 0.4) is 0 Å². The van der Waals surface area contributed by atoms with Gasteiger partial charge in [-0.2, -0.15) is 0 Å². The smallest absolute Gasteiger partial charge is 0.270 e. The van der Waals surface area contributed by atoms with Crippen LogP contribution in [0, 0.1) is 5.92 Å². The van der Waals surface area contributed by atoms with Gasteiger partial charge in [0.1, 0.15) is 5.69 Å². The molecular weight excluding hydrogens is 406 g/mol. The Morgan fingerprint density at radius 3 is 2.61 bits per heavy atom. The van der Waals surface area contributed by atoms with Crippen LogP contribution in [0.25, 0.3) is 0 Å². The lowest BCUT2D eigenvalue weighted by Gasteiger charge is -2.21. The van der Waals surface area contributed by atoms with Crippen molar-refractivity contribution in [2.45, 2.75) is 49.7 Å². The van der Waals surface area contributed by atoms with E-state index in [4.69, 9.17) is 0 Å². The number of hydrogen-bond donors (Lipinski definition) is 1. The normalized spacial score (nSPS) is 15.5. The first-order valence-corrected chi connectivity index (χ1v) is 12.0. The van der Waals surface area contributed by atoms with Gasteiger partial charge in [0.05, 0.1) is 6.04 Å². The number of hydrogen-bond acceptors (Lipinski definition) is 5. The molecule has 2 heterocycles. The van der Waals surface area contributed by atoms with Crippen LogP contribution in [-0.4, -0.2) is 31.4 Å². The zero-order valence-corrected chi connectivity index (χ0v) is 18.7. The predicted octanol–water partition coefficient (Wildman–Crippen LogP) is 4.60. The van der Waals surface area contributed by atoms with Crippen LogP contribution in [0.2, 0.25) is 0 Å². The van der Waals surface area contributed by atoms with E-state index in [9.17, 15) is 4.79 Å². The first-order valence-electron chi connectivity index (χ1n) is 11.0. The second-order valence-electron chi connectivity index (χ2n) is 8.15. The molecule has 1 aliphatic rings. The monoisotopic (exact) mass is 435 g/mol. The largest absolute Gasteiger partial charge is 0.340 e. The molecule has 1 amide bonds. The quantitative estimate of drug-likeness (QED) is 0.524. The fourth-order valence-electron chi connectivity index (χ4n) is 4.09. The molecule has 7 heteroatoms. The topological polar surface area (TPSA) is 72.7 Å². The molecule has 3 aromatic rings. The summed E-state index contributed by atoms with van der Waals surface area (Å²) in [6, 6.07) is 15.2. The molecule has 1 fully saturated rings. The van der Waals surface area contributed by atoms with Crippen molar-refractivity contribution in [1.82, 2.24) is 25.1 Å². The summed E-state index contributed by atoms with van der Waals surface area (Å²) in [6.07, 6.45) is 8.94. The number of nitrogens with zero attached hydrogens (tertiary/aromatic N) is 4. The summed E-state index contributed by atoms with van der Waals surface area (Å²) in [7, 11) is 1.99. The van der Waals surface area contributed by atoms with E-state index >= 15 is 0 Å². The summed E-state index contributed by atoms with van der Waals surface area (Å²) in [5.74, 6) is 2.40. The second-order valence-corrected chi connectivity index (χ2v) is 9.13. The van der Waals surface area contributed by atoms with Crippen molar-refractivity contribution < 1.29 is 4.79 Å². The molecule has 1 unspecified atom stereocenters. The molecule has 0 saturated heterocycles. The first kappa shape index (κ1) is 21.6. The molecule has 1 saturated carbocycles. The summed E-state index contributed by atoms with van der Waals surface area (Å²) in [6.45, 7) is 0. The highest BCUT2D eigenvalue weighted by Gasteiger charge is 2.24. The average molecular weight is 436 g/mol. The third-order valence-electron chi connectivity index (χ3n) is 5.84. The van der Waals surface area contributed by atoms with Gasteiger partial charge < -0.3 is 9.88 Å². The highest BCUT2D eigenvalue weighted by molar-refractivity contribution is 7.99. The van der Waals surface area contributed by atoms with E-state index in [-0.39, 0.29) is 11.9 Å².